The number of ether oxygens (including phenoxy) is 3. The van der Waals surface area contributed by atoms with Gasteiger partial charge in [0, 0.05) is 15.6 Å². The minimum Gasteiger partial charge on any atom is -0.495 e. The first-order valence-electron chi connectivity index (χ1n) is 12.8. The first-order chi connectivity index (χ1) is 20.6. The zero-order valence-electron chi connectivity index (χ0n) is 23.0. The van der Waals surface area contributed by atoms with Gasteiger partial charge in [-0.15, -0.1) is 0 Å². The van der Waals surface area contributed by atoms with Crippen molar-refractivity contribution in [3.05, 3.63) is 111 Å². The van der Waals surface area contributed by atoms with E-state index in [0.717, 1.165) is 17.4 Å². The maximum atomic E-state index is 13.1. The molecule has 0 saturated heterocycles. The fourth-order valence-corrected chi connectivity index (χ4v) is 5.74. The molecule has 0 spiro atoms. The van der Waals surface area contributed by atoms with Crippen molar-refractivity contribution >= 4 is 55.1 Å². The molecule has 0 aliphatic rings. The number of halogens is 2. The Morgan fingerprint density at radius 2 is 1.42 bits per heavy atom. The third-order valence-electron chi connectivity index (χ3n) is 5.93. The highest BCUT2D eigenvalue weighted by Crippen LogP contribution is 2.32. The van der Waals surface area contributed by atoms with Gasteiger partial charge in [-0.3, -0.25) is 25.2 Å². The molecule has 3 N–H and O–H groups in total. The van der Waals surface area contributed by atoms with Crippen molar-refractivity contribution < 1.29 is 32.2 Å². The van der Waals surface area contributed by atoms with Crippen molar-refractivity contribution in [2.24, 2.45) is 0 Å². The van der Waals surface area contributed by atoms with Crippen LogP contribution >= 0.6 is 27.5 Å². The lowest BCUT2D eigenvalue weighted by molar-refractivity contribution is 0.0846. The second-order valence-electron chi connectivity index (χ2n) is 8.89. The van der Waals surface area contributed by atoms with Gasteiger partial charge >= 0.3 is 0 Å². The Hall–Kier alpha value is -4.26. The van der Waals surface area contributed by atoms with Crippen molar-refractivity contribution in [2.75, 3.05) is 18.4 Å². The molecule has 0 atom stereocenters. The van der Waals surface area contributed by atoms with E-state index < -0.39 is 21.8 Å². The molecular weight excluding hydrogens is 662 g/mol. The molecule has 43 heavy (non-hydrogen) atoms. The predicted octanol–water partition coefficient (Wildman–Crippen LogP) is 5.96. The number of sulfonamides is 1. The molecule has 0 aliphatic heterocycles. The van der Waals surface area contributed by atoms with E-state index in [-0.39, 0.29) is 39.1 Å². The van der Waals surface area contributed by atoms with Gasteiger partial charge in [0.05, 0.1) is 24.4 Å². The molecule has 0 aromatic heterocycles. The summed E-state index contributed by atoms with van der Waals surface area (Å²) in [7, 11) is -2.82. The van der Waals surface area contributed by atoms with E-state index in [9.17, 15) is 18.0 Å². The van der Waals surface area contributed by atoms with Crippen molar-refractivity contribution in [3.8, 4) is 17.2 Å². The van der Waals surface area contributed by atoms with Gasteiger partial charge < -0.3 is 14.2 Å². The number of rotatable bonds is 11. The number of benzene rings is 4. The van der Waals surface area contributed by atoms with Crippen molar-refractivity contribution in [1.29, 1.82) is 0 Å². The van der Waals surface area contributed by atoms with Gasteiger partial charge in [-0.2, -0.15) is 0 Å². The Bertz CT molecular complexity index is 1720. The highest BCUT2D eigenvalue weighted by atomic mass is 79.9. The first kappa shape index (κ1) is 31.7. The number of carbonyl (C=O) groups excluding carboxylic acids is 2. The summed E-state index contributed by atoms with van der Waals surface area (Å²) in [6, 6.07) is 22.4. The van der Waals surface area contributed by atoms with E-state index in [2.05, 4.69) is 31.5 Å². The van der Waals surface area contributed by atoms with Crippen LogP contribution in [-0.2, 0) is 16.6 Å². The van der Waals surface area contributed by atoms with E-state index in [1.54, 1.807) is 36.4 Å². The Kier molecular flexibility index (Phi) is 10.5. The zero-order chi connectivity index (χ0) is 31.0. The SMILES string of the molecule is CCOc1ccc(OCc2ccc(C(=O)NNC(=O)c3ccc(Cl)c(S(=O)(=O)Nc4cc(Br)ccc4OC)c3)cc2)cc1. The lowest BCUT2D eigenvalue weighted by Gasteiger charge is -2.14. The van der Waals surface area contributed by atoms with Crippen molar-refractivity contribution in [1.82, 2.24) is 10.9 Å². The molecule has 2 amide bonds. The minimum atomic E-state index is -4.22. The van der Waals surface area contributed by atoms with Gasteiger partial charge in [-0.25, -0.2) is 8.42 Å². The van der Waals surface area contributed by atoms with Crippen LogP contribution in [0.1, 0.15) is 33.2 Å². The van der Waals surface area contributed by atoms with Crippen LogP contribution in [0, 0.1) is 0 Å². The number of amides is 2. The van der Waals surface area contributed by atoms with Crippen LogP contribution in [0.4, 0.5) is 5.69 Å². The summed E-state index contributed by atoms with van der Waals surface area (Å²) in [6.07, 6.45) is 0. The maximum Gasteiger partial charge on any atom is 0.269 e. The molecule has 0 fully saturated rings. The fraction of sp³-hybridized carbons (Fsp3) is 0.133. The smallest absolute Gasteiger partial charge is 0.269 e. The number of methoxy groups -OCH3 is 1. The summed E-state index contributed by atoms with van der Waals surface area (Å²) < 4.78 is 45.7. The average Bonchev–Trinajstić information content (AvgIpc) is 3.00. The Labute approximate surface area is 262 Å². The van der Waals surface area contributed by atoms with E-state index in [1.165, 1.54) is 25.3 Å². The normalized spacial score (nSPS) is 10.9. The third-order valence-corrected chi connectivity index (χ3v) is 8.28. The predicted molar refractivity (Wildman–Crippen MR) is 166 cm³/mol. The molecule has 13 heteroatoms. The van der Waals surface area contributed by atoms with Crippen LogP contribution in [0.15, 0.2) is 94.3 Å². The van der Waals surface area contributed by atoms with Crippen LogP contribution < -0.4 is 29.8 Å². The Morgan fingerprint density at radius 1 is 0.814 bits per heavy atom. The summed E-state index contributed by atoms with van der Waals surface area (Å²) in [6.45, 7) is 2.78. The fourth-order valence-electron chi connectivity index (χ4n) is 3.79. The van der Waals surface area contributed by atoms with Gasteiger partial charge in [-0.05, 0) is 85.3 Å². The van der Waals surface area contributed by atoms with Crippen LogP contribution in [0.2, 0.25) is 5.02 Å². The summed E-state index contributed by atoms with van der Waals surface area (Å²) in [5.74, 6) is 0.399. The molecule has 0 bridgehead atoms. The number of hydrazine groups is 1. The quantitative estimate of drug-likeness (QED) is 0.166. The molecular formula is C30H27BrClN3O7S. The standard InChI is InChI=1S/C30H27BrClN3O7S/c1-3-41-23-10-12-24(13-11-23)42-18-19-4-6-20(7-5-19)29(36)33-34-30(37)21-8-14-25(32)28(16-21)43(38,39)35-26-17-22(31)9-15-27(26)40-2/h4-17,35H,3,18H2,1-2H3,(H,33,36)(H,34,37). The lowest BCUT2D eigenvalue weighted by Crippen LogP contribution is -2.41. The van der Waals surface area contributed by atoms with Gasteiger partial charge in [0.15, 0.2) is 0 Å². The summed E-state index contributed by atoms with van der Waals surface area (Å²) in [4.78, 5) is 25.1. The second-order valence-corrected chi connectivity index (χ2v) is 11.9. The number of anilines is 1. The van der Waals surface area contributed by atoms with Crippen LogP contribution in [0.5, 0.6) is 17.2 Å². The lowest BCUT2D eigenvalue weighted by atomic mass is 10.1. The van der Waals surface area contributed by atoms with Gasteiger partial charge in [-0.1, -0.05) is 39.7 Å². The number of carbonyl (C=O) groups is 2. The topological polar surface area (TPSA) is 132 Å². The number of nitrogens with one attached hydrogen (secondary N) is 3. The molecule has 0 heterocycles. The van der Waals surface area contributed by atoms with Crippen molar-refractivity contribution in [3.63, 3.8) is 0 Å². The second kappa shape index (κ2) is 14.3. The number of hydrogen-bond donors (Lipinski definition) is 3. The molecule has 0 unspecified atom stereocenters. The average molecular weight is 689 g/mol. The van der Waals surface area contributed by atoms with Crippen LogP contribution in [0.25, 0.3) is 0 Å². The largest absolute Gasteiger partial charge is 0.495 e. The highest BCUT2D eigenvalue weighted by Gasteiger charge is 2.22. The van der Waals surface area contributed by atoms with Gasteiger partial charge in [0.1, 0.15) is 28.8 Å². The molecule has 4 rings (SSSR count). The van der Waals surface area contributed by atoms with Crippen LogP contribution in [-0.4, -0.2) is 33.9 Å². The maximum absolute atomic E-state index is 13.1. The summed E-state index contributed by atoms with van der Waals surface area (Å²) >= 11 is 9.47. The third kappa shape index (κ3) is 8.40. The van der Waals surface area contributed by atoms with E-state index in [1.807, 2.05) is 31.2 Å². The minimum absolute atomic E-state index is 0.0481. The molecule has 10 nitrogen and oxygen atoms in total. The van der Waals surface area contributed by atoms with Gasteiger partial charge in [0.25, 0.3) is 21.8 Å². The molecule has 0 radical (unpaired) electrons. The molecule has 0 saturated carbocycles. The van der Waals surface area contributed by atoms with Crippen molar-refractivity contribution in [2.45, 2.75) is 18.4 Å². The molecule has 0 aliphatic carbocycles. The van der Waals surface area contributed by atoms with E-state index >= 15 is 0 Å². The highest BCUT2D eigenvalue weighted by molar-refractivity contribution is 9.10. The van der Waals surface area contributed by atoms with Gasteiger partial charge in [0.2, 0.25) is 0 Å². The monoisotopic (exact) mass is 687 g/mol. The number of hydrogen-bond acceptors (Lipinski definition) is 7. The zero-order valence-corrected chi connectivity index (χ0v) is 26.2. The molecule has 4 aromatic rings. The van der Waals surface area contributed by atoms with E-state index in [4.69, 9.17) is 25.8 Å². The molecule has 4 aromatic carbocycles. The first-order valence-corrected chi connectivity index (χ1v) is 15.5. The Balaban J connectivity index is 1.36. The molecule has 224 valence electrons. The van der Waals surface area contributed by atoms with E-state index in [0.29, 0.717) is 16.8 Å². The van der Waals surface area contributed by atoms with Crippen LogP contribution in [0.3, 0.4) is 0 Å². The summed E-state index contributed by atoms with van der Waals surface area (Å²) in [5, 5.41) is -0.103. The Morgan fingerprint density at radius 3 is 2.05 bits per heavy atom. The summed E-state index contributed by atoms with van der Waals surface area (Å²) in [5.41, 5.74) is 5.85.